The second-order valence-corrected chi connectivity index (χ2v) is 7.80. The Morgan fingerprint density at radius 1 is 1.24 bits per heavy atom. The molecule has 1 fully saturated rings. The summed E-state index contributed by atoms with van der Waals surface area (Å²) in [4.78, 5) is 16.1. The van der Waals surface area contributed by atoms with Crippen molar-refractivity contribution in [3.05, 3.63) is 34.3 Å². The van der Waals surface area contributed by atoms with Crippen LogP contribution in [0.2, 0.25) is 0 Å². The molecule has 0 spiro atoms. The van der Waals surface area contributed by atoms with E-state index in [4.69, 9.17) is 0 Å². The minimum absolute atomic E-state index is 0.894. The van der Waals surface area contributed by atoms with Crippen LogP contribution < -0.4 is 9.80 Å². The van der Waals surface area contributed by atoms with E-state index < -0.39 is 0 Å². The summed E-state index contributed by atoms with van der Waals surface area (Å²) in [6, 6.07) is 6.47. The molecule has 3 heterocycles. The van der Waals surface area contributed by atoms with E-state index in [-0.39, 0.29) is 0 Å². The molecule has 1 saturated heterocycles. The normalized spacial score (nSPS) is 15.2. The number of anilines is 2. The average molecular weight is 320 g/mol. The van der Waals surface area contributed by atoms with Gasteiger partial charge in [0, 0.05) is 47.5 Å². The first kappa shape index (κ1) is 14.7. The van der Waals surface area contributed by atoms with Gasteiger partial charge in [0.15, 0.2) is 0 Å². The largest absolute Gasteiger partial charge is 0.355 e. The molecule has 4 nitrogen and oxygen atoms in total. The van der Waals surface area contributed by atoms with E-state index in [0.29, 0.717) is 0 Å². The smallest absolute Gasteiger partial charge is 0.134 e. The van der Waals surface area contributed by atoms with Crippen LogP contribution in [0.3, 0.4) is 0 Å². The molecule has 0 amide bonds. The third kappa shape index (κ3) is 3.68. The minimum Gasteiger partial charge on any atom is -0.355 e. The van der Waals surface area contributed by atoms with Crippen molar-refractivity contribution in [3.8, 4) is 0 Å². The average Bonchev–Trinajstić information content (AvgIpc) is 2.93. The lowest BCUT2D eigenvalue weighted by atomic mass is 10.4. The summed E-state index contributed by atoms with van der Waals surface area (Å²) in [7, 11) is 2.09. The number of hydrogen-bond donors (Lipinski definition) is 0. The molecule has 0 N–H and O–H groups in total. The van der Waals surface area contributed by atoms with Crippen LogP contribution in [-0.4, -0.2) is 41.6 Å². The second-order valence-electron chi connectivity index (χ2n) is 5.20. The SMILES string of the molecule is Cc1ccc(CN(C)c2cc(N3CCSCC3)ncn2)s1. The van der Waals surface area contributed by atoms with Crippen LogP contribution in [0.1, 0.15) is 9.75 Å². The van der Waals surface area contributed by atoms with Crippen LogP contribution in [-0.2, 0) is 6.54 Å². The van der Waals surface area contributed by atoms with Gasteiger partial charge in [-0.1, -0.05) is 0 Å². The predicted octanol–water partition coefficient (Wildman–Crippen LogP) is 3.04. The second kappa shape index (κ2) is 6.66. The zero-order valence-electron chi connectivity index (χ0n) is 12.5. The maximum absolute atomic E-state index is 4.44. The molecule has 0 radical (unpaired) electrons. The predicted molar refractivity (Wildman–Crippen MR) is 92.7 cm³/mol. The van der Waals surface area contributed by atoms with Crippen LogP contribution in [0.25, 0.3) is 0 Å². The molecule has 0 bridgehead atoms. The first-order valence-electron chi connectivity index (χ1n) is 7.13. The van der Waals surface area contributed by atoms with Crippen molar-refractivity contribution >= 4 is 34.7 Å². The van der Waals surface area contributed by atoms with E-state index in [1.54, 1.807) is 6.33 Å². The summed E-state index contributed by atoms with van der Waals surface area (Å²) in [6.45, 7) is 5.19. The van der Waals surface area contributed by atoms with Crippen molar-refractivity contribution < 1.29 is 0 Å². The molecule has 1 aliphatic rings. The summed E-state index contributed by atoms with van der Waals surface area (Å²) < 4.78 is 0. The molecule has 0 atom stereocenters. The van der Waals surface area contributed by atoms with Crippen LogP contribution in [0.15, 0.2) is 24.5 Å². The molecule has 21 heavy (non-hydrogen) atoms. The number of nitrogens with zero attached hydrogens (tertiary/aromatic N) is 4. The molecule has 1 aliphatic heterocycles. The van der Waals surface area contributed by atoms with E-state index >= 15 is 0 Å². The standard InChI is InChI=1S/C15H20N4S2/c1-12-3-4-13(21-12)10-18(2)14-9-15(17-11-16-14)19-5-7-20-8-6-19/h3-4,9,11H,5-8,10H2,1-2H3. The van der Waals surface area contributed by atoms with E-state index in [9.17, 15) is 0 Å². The highest BCUT2D eigenvalue weighted by molar-refractivity contribution is 7.99. The molecular formula is C15H20N4S2. The molecule has 3 rings (SSSR count). The van der Waals surface area contributed by atoms with Gasteiger partial charge in [-0.3, -0.25) is 0 Å². The Morgan fingerprint density at radius 2 is 2.05 bits per heavy atom. The molecule has 112 valence electrons. The Bertz CT molecular complexity index is 593. The Kier molecular flexibility index (Phi) is 4.65. The van der Waals surface area contributed by atoms with Gasteiger partial charge in [-0.05, 0) is 19.1 Å². The van der Waals surface area contributed by atoms with Gasteiger partial charge in [0.05, 0.1) is 6.54 Å². The highest BCUT2D eigenvalue weighted by atomic mass is 32.2. The van der Waals surface area contributed by atoms with Gasteiger partial charge >= 0.3 is 0 Å². The van der Waals surface area contributed by atoms with Crippen LogP contribution in [0, 0.1) is 6.92 Å². The Balaban J connectivity index is 1.72. The molecule has 6 heteroatoms. The Hall–Kier alpha value is -1.27. The Morgan fingerprint density at radius 3 is 2.76 bits per heavy atom. The van der Waals surface area contributed by atoms with Gasteiger partial charge in [-0.25, -0.2) is 9.97 Å². The monoisotopic (exact) mass is 320 g/mol. The van der Waals surface area contributed by atoms with Crippen LogP contribution in [0.4, 0.5) is 11.6 Å². The summed E-state index contributed by atoms with van der Waals surface area (Å²) in [6.07, 6.45) is 1.68. The van der Waals surface area contributed by atoms with Gasteiger partial charge < -0.3 is 9.80 Å². The summed E-state index contributed by atoms with van der Waals surface area (Å²) >= 11 is 3.86. The van der Waals surface area contributed by atoms with E-state index in [1.807, 2.05) is 23.1 Å². The number of rotatable bonds is 4. The number of thioether (sulfide) groups is 1. The fraction of sp³-hybridized carbons (Fsp3) is 0.467. The molecule has 0 aromatic carbocycles. The molecular weight excluding hydrogens is 300 g/mol. The van der Waals surface area contributed by atoms with Crippen molar-refractivity contribution in [2.24, 2.45) is 0 Å². The number of hydrogen-bond acceptors (Lipinski definition) is 6. The lowest BCUT2D eigenvalue weighted by molar-refractivity contribution is 0.828. The fourth-order valence-corrected chi connectivity index (χ4v) is 4.24. The van der Waals surface area contributed by atoms with Crippen molar-refractivity contribution in [2.75, 3.05) is 41.4 Å². The van der Waals surface area contributed by atoms with Gasteiger partial charge in [0.1, 0.15) is 18.0 Å². The maximum Gasteiger partial charge on any atom is 0.134 e. The van der Waals surface area contributed by atoms with E-state index in [2.05, 4.69) is 51.9 Å². The lowest BCUT2D eigenvalue weighted by Crippen LogP contribution is -2.33. The minimum atomic E-state index is 0.894. The summed E-state index contributed by atoms with van der Waals surface area (Å²) in [5.41, 5.74) is 0. The first-order valence-corrected chi connectivity index (χ1v) is 9.11. The molecule has 0 saturated carbocycles. The van der Waals surface area contributed by atoms with Crippen molar-refractivity contribution in [3.63, 3.8) is 0 Å². The van der Waals surface area contributed by atoms with Gasteiger partial charge in [0.25, 0.3) is 0 Å². The highest BCUT2D eigenvalue weighted by Crippen LogP contribution is 2.23. The van der Waals surface area contributed by atoms with E-state index in [0.717, 1.165) is 31.3 Å². The maximum atomic E-state index is 4.44. The quantitative estimate of drug-likeness (QED) is 0.864. The van der Waals surface area contributed by atoms with Crippen molar-refractivity contribution in [1.29, 1.82) is 0 Å². The van der Waals surface area contributed by atoms with E-state index in [1.165, 1.54) is 21.3 Å². The number of thiophene rings is 1. The molecule has 2 aromatic rings. The van der Waals surface area contributed by atoms with Crippen molar-refractivity contribution in [2.45, 2.75) is 13.5 Å². The van der Waals surface area contributed by atoms with Gasteiger partial charge in [0.2, 0.25) is 0 Å². The zero-order valence-corrected chi connectivity index (χ0v) is 14.1. The summed E-state index contributed by atoms with van der Waals surface area (Å²) in [5.74, 6) is 4.41. The fourth-order valence-electron chi connectivity index (χ4n) is 2.40. The topological polar surface area (TPSA) is 32.3 Å². The molecule has 2 aromatic heterocycles. The van der Waals surface area contributed by atoms with Crippen LogP contribution in [0.5, 0.6) is 0 Å². The number of aromatic nitrogens is 2. The zero-order chi connectivity index (χ0) is 14.7. The lowest BCUT2D eigenvalue weighted by Gasteiger charge is -2.28. The third-order valence-corrected chi connectivity index (χ3v) is 5.48. The van der Waals surface area contributed by atoms with Crippen molar-refractivity contribution in [1.82, 2.24) is 9.97 Å². The number of aryl methyl sites for hydroxylation is 1. The molecule has 0 unspecified atom stereocenters. The molecule has 0 aliphatic carbocycles. The van der Waals surface area contributed by atoms with Gasteiger partial charge in [-0.15, -0.1) is 11.3 Å². The third-order valence-electron chi connectivity index (χ3n) is 3.55. The summed E-state index contributed by atoms with van der Waals surface area (Å²) in [5, 5.41) is 0. The Labute approximate surface area is 134 Å². The highest BCUT2D eigenvalue weighted by Gasteiger charge is 2.14. The van der Waals surface area contributed by atoms with Gasteiger partial charge in [-0.2, -0.15) is 11.8 Å². The van der Waals surface area contributed by atoms with Crippen LogP contribution >= 0.6 is 23.1 Å². The first-order chi connectivity index (χ1) is 10.2.